The fourth-order valence-electron chi connectivity index (χ4n) is 3.04. The summed E-state index contributed by atoms with van der Waals surface area (Å²) in [6.45, 7) is 4.68. The van der Waals surface area contributed by atoms with Gasteiger partial charge in [-0.1, -0.05) is 45.8 Å². The predicted octanol–water partition coefficient (Wildman–Crippen LogP) is 3.43. The van der Waals surface area contributed by atoms with Gasteiger partial charge in [0.05, 0.1) is 0 Å². The molecule has 0 radical (unpaired) electrons. The second-order valence-electron chi connectivity index (χ2n) is 5.83. The van der Waals surface area contributed by atoms with Gasteiger partial charge in [-0.05, 0) is 44.6 Å². The van der Waals surface area contributed by atoms with E-state index >= 15 is 0 Å². The first-order valence-electron chi connectivity index (χ1n) is 7.11. The predicted molar refractivity (Wildman–Crippen MR) is 85.1 cm³/mol. The van der Waals surface area contributed by atoms with Gasteiger partial charge in [0.1, 0.15) is 5.54 Å². The molecule has 0 saturated heterocycles. The lowest BCUT2D eigenvalue weighted by atomic mass is 9.81. The van der Waals surface area contributed by atoms with E-state index in [2.05, 4.69) is 40.3 Å². The smallest absolute Gasteiger partial charge is 0.328 e. The Morgan fingerprint density at radius 2 is 2.45 bits per heavy atom. The number of carboxylic acids is 1. The molecule has 0 amide bonds. The third-order valence-electron chi connectivity index (χ3n) is 4.13. The van der Waals surface area contributed by atoms with E-state index in [0.29, 0.717) is 23.7 Å². The summed E-state index contributed by atoms with van der Waals surface area (Å²) < 4.78 is 0. The highest BCUT2D eigenvalue weighted by Gasteiger charge is 2.50. The number of aliphatic carboxylic acids is 1. The van der Waals surface area contributed by atoms with E-state index in [4.69, 9.17) is 0 Å². The van der Waals surface area contributed by atoms with Gasteiger partial charge in [-0.15, -0.1) is 0 Å². The lowest BCUT2D eigenvalue weighted by Gasteiger charge is -2.33. The monoisotopic (exact) mass is 339 g/mol. The van der Waals surface area contributed by atoms with Crippen LogP contribution in [0.2, 0.25) is 0 Å². The van der Waals surface area contributed by atoms with Gasteiger partial charge in [-0.25, -0.2) is 4.79 Å². The number of carboxylic acid groups (broad SMARTS) is 1. The van der Waals surface area contributed by atoms with Crippen LogP contribution in [0.3, 0.4) is 0 Å². The zero-order valence-electron chi connectivity index (χ0n) is 12.0. The lowest BCUT2D eigenvalue weighted by molar-refractivity contribution is -0.143. The van der Waals surface area contributed by atoms with Gasteiger partial charge in [0, 0.05) is 11.4 Å². The number of fused-ring (bicyclic) bond motifs is 1. The van der Waals surface area contributed by atoms with Crippen molar-refractivity contribution in [2.75, 3.05) is 6.54 Å². The summed E-state index contributed by atoms with van der Waals surface area (Å²) >= 11 is 3.45. The second-order valence-corrected chi connectivity index (χ2v) is 7.28. The quantitative estimate of drug-likeness (QED) is 0.442. The van der Waals surface area contributed by atoms with E-state index in [-0.39, 0.29) is 0 Å². The number of alkyl halides is 1. The highest BCUT2D eigenvalue weighted by atomic mass is 79.9. The van der Waals surface area contributed by atoms with E-state index < -0.39 is 11.5 Å². The molecule has 20 heavy (non-hydrogen) atoms. The number of allylic oxidation sites excluding steroid dienone is 4. The molecule has 2 bridgehead atoms. The summed E-state index contributed by atoms with van der Waals surface area (Å²) in [6, 6.07) is 0. The van der Waals surface area contributed by atoms with Crippen molar-refractivity contribution < 1.29 is 9.90 Å². The van der Waals surface area contributed by atoms with Crippen LogP contribution in [-0.4, -0.2) is 28.0 Å². The fraction of sp³-hybridized carbons (Fsp3) is 0.562. The summed E-state index contributed by atoms with van der Waals surface area (Å²) in [4.78, 5) is 12.0. The van der Waals surface area contributed by atoms with Gasteiger partial charge < -0.3 is 5.11 Å². The number of halogens is 1. The molecular weight excluding hydrogens is 318 g/mol. The van der Waals surface area contributed by atoms with Crippen molar-refractivity contribution in [3.8, 4) is 0 Å². The first kappa shape index (κ1) is 15.5. The van der Waals surface area contributed by atoms with Gasteiger partial charge in [0.2, 0.25) is 0 Å². The summed E-state index contributed by atoms with van der Waals surface area (Å²) in [5.41, 5.74) is 1.40. The zero-order valence-corrected chi connectivity index (χ0v) is 13.6. The molecule has 110 valence electrons. The molecule has 0 aliphatic heterocycles. The van der Waals surface area contributed by atoms with Gasteiger partial charge in [-0.2, -0.15) is 0 Å². The van der Waals surface area contributed by atoms with Crippen LogP contribution in [-0.2, 0) is 4.79 Å². The van der Waals surface area contributed by atoms with Crippen LogP contribution in [0.25, 0.3) is 0 Å². The van der Waals surface area contributed by atoms with Crippen LogP contribution >= 0.6 is 15.9 Å². The average Bonchev–Trinajstić information content (AvgIpc) is 2.96. The van der Waals surface area contributed by atoms with Crippen molar-refractivity contribution in [3.63, 3.8) is 0 Å². The van der Waals surface area contributed by atoms with E-state index in [0.717, 1.165) is 24.0 Å². The molecule has 0 aromatic carbocycles. The second kappa shape index (κ2) is 6.27. The van der Waals surface area contributed by atoms with Crippen molar-refractivity contribution in [1.29, 1.82) is 0 Å². The maximum atomic E-state index is 11.7. The van der Waals surface area contributed by atoms with Crippen molar-refractivity contribution in [3.05, 3.63) is 35.5 Å². The van der Waals surface area contributed by atoms with Crippen LogP contribution in [0.5, 0.6) is 0 Å². The minimum absolute atomic E-state index is 0.348. The molecule has 3 nitrogen and oxygen atoms in total. The maximum Gasteiger partial charge on any atom is 0.328 e. The average molecular weight is 340 g/mol. The molecule has 0 aromatic rings. The summed E-state index contributed by atoms with van der Waals surface area (Å²) in [5.74, 6) is -0.282. The van der Waals surface area contributed by atoms with Crippen molar-refractivity contribution in [2.45, 2.75) is 43.5 Å². The van der Waals surface area contributed by atoms with Crippen LogP contribution in [0.1, 0.15) is 33.1 Å². The molecule has 2 aliphatic carbocycles. The Labute approximate surface area is 129 Å². The number of carbonyl (C=O) groups is 1. The van der Waals surface area contributed by atoms with Crippen LogP contribution in [0.4, 0.5) is 0 Å². The van der Waals surface area contributed by atoms with Gasteiger partial charge in [0.15, 0.2) is 0 Å². The number of rotatable bonds is 6. The standard InChI is InChI=1S/C16H22BrNO2/c1-11(4-3-5-12(2)17)10-18-16(15(19)20)9-13-6-7-14(16)8-13/h3-5,8,12-13,18H,6-7,9-10H2,1-2H3,(H,19,20)/b5-3-,11-4+. The molecule has 2 rings (SSSR count). The molecule has 0 spiro atoms. The van der Waals surface area contributed by atoms with Gasteiger partial charge in [0.25, 0.3) is 0 Å². The molecule has 3 atom stereocenters. The molecule has 2 aliphatic rings. The van der Waals surface area contributed by atoms with Gasteiger partial charge in [-0.3, -0.25) is 5.32 Å². The first-order chi connectivity index (χ1) is 9.44. The zero-order chi connectivity index (χ0) is 14.8. The Morgan fingerprint density at radius 3 is 2.95 bits per heavy atom. The van der Waals surface area contributed by atoms with Crippen LogP contribution in [0.15, 0.2) is 35.5 Å². The van der Waals surface area contributed by atoms with Crippen molar-refractivity contribution in [1.82, 2.24) is 5.32 Å². The summed E-state index contributed by atoms with van der Waals surface area (Å²) in [6.07, 6.45) is 11.0. The number of hydrogen-bond acceptors (Lipinski definition) is 2. The molecular formula is C16H22BrNO2. The van der Waals surface area contributed by atoms with Crippen molar-refractivity contribution in [2.24, 2.45) is 5.92 Å². The molecule has 0 fully saturated rings. The Balaban J connectivity index is 1.98. The highest BCUT2D eigenvalue weighted by Crippen LogP contribution is 2.45. The molecule has 3 unspecified atom stereocenters. The highest BCUT2D eigenvalue weighted by molar-refractivity contribution is 9.09. The topological polar surface area (TPSA) is 49.3 Å². The number of hydrogen-bond donors (Lipinski definition) is 2. The van der Waals surface area contributed by atoms with E-state index in [9.17, 15) is 9.90 Å². The Kier molecular flexibility index (Phi) is 4.86. The third kappa shape index (κ3) is 3.23. The Bertz CT molecular complexity index is 479. The van der Waals surface area contributed by atoms with Crippen LogP contribution < -0.4 is 5.32 Å². The van der Waals surface area contributed by atoms with Gasteiger partial charge >= 0.3 is 5.97 Å². The summed E-state index contributed by atoms with van der Waals surface area (Å²) in [7, 11) is 0. The molecule has 0 saturated carbocycles. The largest absolute Gasteiger partial charge is 0.480 e. The van der Waals surface area contributed by atoms with Crippen LogP contribution in [0, 0.1) is 5.92 Å². The fourth-order valence-corrected chi connectivity index (χ4v) is 3.22. The minimum Gasteiger partial charge on any atom is -0.480 e. The Hall–Kier alpha value is -0.870. The molecule has 4 heteroatoms. The Morgan fingerprint density at radius 1 is 1.70 bits per heavy atom. The molecule has 0 heterocycles. The minimum atomic E-state index is -0.815. The lowest BCUT2D eigenvalue weighted by Crippen LogP contribution is -2.54. The molecule has 0 aromatic heterocycles. The number of nitrogens with one attached hydrogen (secondary N) is 1. The summed E-state index contributed by atoms with van der Waals surface area (Å²) in [5, 5.41) is 12.9. The van der Waals surface area contributed by atoms with E-state index in [1.807, 2.05) is 19.1 Å². The SMILES string of the molecule is C/C(=C\C=C/C(C)Br)CNC1(C(=O)O)CC2C=C1CC2. The maximum absolute atomic E-state index is 11.7. The normalized spacial score (nSPS) is 30.9. The van der Waals surface area contributed by atoms with E-state index in [1.54, 1.807) is 0 Å². The van der Waals surface area contributed by atoms with E-state index in [1.165, 1.54) is 0 Å². The first-order valence-corrected chi connectivity index (χ1v) is 8.03. The molecule has 2 N–H and O–H groups in total. The van der Waals surface area contributed by atoms with Crippen molar-refractivity contribution >= 4 is 21.9 Å². The third-order valence-corrected chi connectivity index (χ3v) is 4.43.